The number of halogens is 5. The Morgan fingerprint density at radius 1 is 1.15 bits per heavy atom. The van der Waals surface area contributed by atoms with Crippen LogP contribution in [0.25, 0.3) is 22.2 Å². The second-order valence-electron chi connectivity index (χ2n) is 13.2. The number of piperazine rings is 1. The Hall–Kier alpha value is -4.77. The van der Waals surface area contributed by atoms with Gasteiger partial charge in [-0.05, 0) is 76.9 Å². The summed E-state index contributed by atoms with van der Waals surface area (Å²) < 4.78 is 71.7. The fraction of sp³-hybridized carbons (Fsp3) is 0.486. The van der Waals surface area contributed by atoms with Gasteiger partial charge in [-0.15, -0.1) is 0 Å². The lowest BCUT2D eigenvalue weighted by Crippen LogP contribution is -2.60. The van der Waals surface area contributed by atoms with E-state index < -0.39 is 69.5 Å². The Balaban J connectivity index is 1.62. The molecule has 1 aromatic carbocycles. The minimum Gasteiger partial charge on any atom is -0.481 e. The van der Waals surface area contributed by atoms with Crippen LogP contribution in [0.4, 0.5) is 29.2 Å². The summed E-state index contributed by atoms with van der Waals surface area (Å²) in [4.78, 5) is 54.5. The first kappa shape index (κ1) is 39.4. The summed E-state index contributed by atoms with van der Waals surface area (Å²) in [5.41, 5.74) is 2.44. The van der Waals surface area contributed by atoms with Gasteiger partial charge in [0.15, 0.2) is 12.0 Å². The molecule has 0 aliphatic carbocycles. The van der Waals surface area contributed by atoms with Crippen molar-refractivity contribution in [2.45, 2.75) is 76.9 Å². The largest absolute Gasteiger partial charge is 0.481 e. The summed E-state index contributed by atoms with van der Waals surface area (Å²) in [5.74, 6) is -3.65. The van der Waals surface area contributed by atoms with Crippen LogP contribution in [0.1, 0.15) is 56.6 Å². The van der Waals surface area contributed by atoms with Crippen molar-refractivity contribution in [2.75, 3.05) is 43.9 Å². The summed E-state index contributed by atoms with van der Waals surface area (Å²) >= 11 is 6.61. The number of hydrogen-bond acceptors (Lipinski definition) is 11. The number of pyridine rings is 1. The maximum atomic E-state index is 16.9. The van der Waals surface area contributed by atoms with Gasteiger partial charge in [-0.1, -0.05) is 18.2 Å². The van der Waals surface area contributed by atoms with Crippen molar-refractivity contribution in [3.63, 3.8) is 0 Å². The number of nitrogens with two attached hydrogens (primary N) is 1. The van der Waals surface area contributed by atoms with E-state index in [4.69, 9.17) is 31.9 Å². The number of fused-ring (bicyclic) bond motifs is 1. The van der Waals surface area contributed by atoms with Crippen molar-refractivity contribution in [2.24, 2.45) is 0 Å². The van der Waals surface area contributed by atoms with Crippen LogP contribution in [-0.4, -0.2) is 99.3 Å². The van der Waals surface area contributed by atoms with Crippen LogP contribution in [0.3, 0.4) is 0 Å². The molecule has 18 heteroatoms. The van der Waals surface area contributed by atoms with Crippen molar-refractivity contribution >= 4 is 52.0 Å². The number of carboxylic acid groups (broad SMARTS) is 1. The normalized spacial score (nSPS) is 19.4. The molecule has 4 heterocycles. The van der Waals surface area contributed by atoms with Crippen LogP contribution in [0, 0.1) is 12.7 Å². The number of alkyl halides is 3. The van der Waals surface area contributed by atoms with Crippen LogP contribution in [0.15, 0.2) is 24.8 Å². The lowest BCUT2D eigenvalue weighted by molar-refractivity contribution is -0.165. The van der Waals surface area contributed by atoms with Gasteiger partial charge in [0.2, 0.25) is 5.91 Å². The van der Waals surface area contributed by atoms with Crippen LogP contribution in [-0.2, 0) is 25.3 Å². The SMILES string of the molecule is C=CC(=O)N1C[C@H](C)N(c2nc(OC[C@@H]3CCCN3C)nc3c(F)c(-c4nc(N)cc(C)c4C(F)(F)F)c(Cl)cc23)CC1OC(=O)CCCCC(=O)O. The van der Waals surface area contributed by atoms with Crippen molar-refractivity contribution in [3.05, 3.63) is 46.8 Å². The molecule has 3 aromatic rings. The van der Waals surface area contributed by atoms with Crippen LogP contribution >= 0.6 is 11.6 Å². The number of esters is 1. The van der Waals surface area contributed by atoms with Crippen molar-refractivity contribution in [3.8, 4) is 17.3 Å². The highest BCUT2D eigenvalue weighted by Crippen LogP contribution is 2.45. The first-order valence-electron chi connectivity index (χ1n) is 17.0. The predicted molar refractivity (Wildman–Crippen MR) is 188 cm³/mol. The molecular formula is C35H40ClF4N7O6. The quantitative estimate of drug-likeness (QED) is 0.102. The number of carbonyl (C=O) groups is 3. The van der Waals surface area contributed by atoms with E-state index in [1.807, 2.05) is 7.05 Å². The fourth-order valence-electron chi connectivity index (χ4n) is 6.71. The fourth-order valence-corrected chi connectivity index (χ4v) is 6.99. The van der Waals surface area contributed by atoms with E-state index in [-0.39, 0.29) is 80.0 Å². The zero-order valence-corrected chi connectivity index (χ0v) is 30.1. The number of aliphatic carboxylic acids is 1. The molecule has 2 aliphatic heterocycles. The summed E-state index contributed by atoms with van der Waals surface area (Å²) in [5, 5.41) is 8.49. The zero-order chi connectivity index (χ0) is 38.8. The number of anilines is 2. The molecule has 0 spiro atoms. The molecule has 3 N–H and O–H groups in total. The average Bonchev–Trinajstić information content (AvgIpc) is 3.49. The van der Waals surface area contributed by atoms with E-state index in [1.54, 1.807) is 11.8 Å². The Morgan fingerprint density at radius 2 is 1.87 bits per heavy atom. The molecule has 2 aromatic heterocycles. The molecular weight excluding hydrogens is 726 g/mol. The number of aromatic nitrogens is 3. The molecule has 13 nitrogen and oxygen atoms in total. The summed E-state index contributed by atoms with van der Waals surface area (Å²) in [6.45, 7) is 7.27. The van der Waals surface area contributed by atoms with Crippen molar-refractivity contribution in [1.82, 2.24) is 24.8 Å². The molecule has 0 saturated carbocycles. The number of nitrogens with zero attached hydrogens (tertiary/aromatic N) is 6. The number of benzene rings is 1. The number of nitrogen functional groups attached to an aromatic ring is 1. The van der Waals surface area contributed by atoms with Gasteiger partial charge in [-0.3, -0.25) is 19.3 Å². The topological polar surface area (TPSA) is 164 Å². The van der Waals surface area contributed by atoms with E-state index in [0.29, 0.717) is 0 Å². The third-order valence-electron chi connectivity index (χ3n) is 9.39. The number of likely N-dealkylation sites (tertiary alicyclic amines) is 1. The first-order valence-corrected chi connectivity index (χ1v) is 17.4. The smallest absolute Gasteiger partial charge is 0.418 e. The maximum Gasteiger partial charge on any atom is 0.418 e. The number of unbranched alkanes of at least 4 members (excludes halogenated alkanes) is 1. The van der Waals surface area contributed by atoms with Gasteiger partial charge in [0.1, 0.15) is 23.8 Å². The number of ether oxygens (including phenoxy) is 2. The van der Waals surface area contributed by atoms with E-state index in [1.165, 1.54) is 17.9 Å². The van der Waals surface area contributed by atoms with E-state index >= 15 is 4.39 Å². The molecule has 1 unspecified atom stereocenters. The second-order valence-corrected chi connectivity index (χ2v) is 13.6. The van der Waals surface area contributed by atoms with Gasteiger partial charge in [0, 0.05) is 36.9 Å². The standard InChI is InChI=1S/C35H40ClF4N7O6/c1-5-24(48)47-15-19(3)46(16-25(47)53-27(51)11-7-6-10-26(49)50)33-21-14-22(36)28(32-29(35(38,39)40)18(2)13-23(41)42-32)30(37)31(21)43-34(44-33)52-17-20-9-8-12-45(20)4/h5,13-14,19-20,25H,1,6-12,15-17H2,2-4H3,(H2,41,42)(H,49,50)/t19-,20-,25?/m0/s1. The number of carbonyl (C=O) groups excluding carboxylic acids is 2. The van der Waals surface area contributed by atoms with E-state index in [0.717, 1.165) is 31.5 Å². The third-order valence-corrected chi connectivity index (χ3v) is 9.69. The summed E-state index contributed by atoms with van der Waals surface area (Å²) in [7, 11) is 1.93. The van der Waals surface area contributed by atoms with Crippen LogP contribution in [0.5, 0.6) is 6.01 Å². The summed E-state index contributed by atoms with van der Waals surface area (Å²) in [6, 6.07) is 1.45. The van der Waals surface area contributed by atoms with Gasteiger partial charge >= 0.3 is 24.1 Å². The first-order chi connectivity index (χ1) is 25.0. The Kier molecular flexibility index (Phi) is 12.0. The number of rotatable bonds is 12. The van der Waals surface area contributed by atoms with E-state index in [2.05, 4.69) is 26.4 Å². The molecule has 0 bridgehead atoms. The number of hydrogen-bond donors (Lipinski definition) is 2. The summed E-state index contributed by atoms with van der Waals surface area (Å²) in [6.07, 6.45) is -3.06. The van der Waals surface area contributed by atoms with Crippen LogP contribution < -0.4 is 15.4 Å². The highest BCUT2D eigenvalue weighted by Gasteiger charge is 2.40. The van der Waals surface area contributed by atoms with Gasteiger partial charge < -0.3 is 30.1 Å². The molecule has 1 amide bonds. The van der Waals surface area contributed by atoms with Gasteiger partial charge in [-0.2, -0.15) is 23.1 Å². The van der Waals surface area contributed by atoms with Crippen molar-refractivity contribution in [1.29, 1.82) is 0 Å². The number of amides is 1. The molecule has 5 rings (SSSR count). The predicted octanol–water partition coefficient (Wildman–Crippen LogP) is 5.60. The molecule has 2 aliphatic rings. The molecule has 2 fully saturated rings. The average molecular weight is 766 g/mol. The number of likely N-dealkylation sites (N-methyl/N-ethyl adjacent to an activating group) is 1. The highest BCUT2D eigenvalue weighted by molar-refractivity contribution is 6.34. The zero-order valence-electron chi connectivity index (χ0n) is 29.4. The monoisotopic (exact) mass is 765 g/mol. The lowest BCUT2D eigenvalue weighted by atomic mass is 9.98. The van der Waals surface area contributed by atoms with Crippen molar-refractivity contribution < 1.29 is 46.5 Å². The van der Waals surface area contributed by atoms with Gasteiger partial charge in [-0.25, -0.2) is 9.37 Å². The molecule has 53 heavy (non-hydrogen) atoms. The maximum absolute atomic E-state index is 16.9. The number of aryl methyl sites for hydroxylation is 1. The Morgan fingerprint density at radius 3 is 2.51 bits per heavy atom. The van der Waals surface area contributed by atoms with E-state index in [9.17, 15) is 27.6 Å². The second kappa shape index (κ2) is 16.1. The molecule has 0 radical (unpaired) electrons. The minimum absolute atomic E-state index is 0.00358. The Labute approximate surface area is 307 Å². The van der Waals surface area contributed by atoms with Crippen LogP contribution in [0.2, 0.25) is 5.02 Å². The molecule has 286 valence electrons. The third kappa shape index (κ3) is 8.73. The minimum atomic E-state index is -4.94. The highest BCUT2D eigenvalue weighted by atomic mass is 35.5. The van der Waals surface area contributed by atoms with Gasteiger partial charge in [0.05, 0.1) is 28.4 Å². The lowest BCUT2D eigenvalue weighted by Gasteiger charge is -2.44. The Bertz CT molecular complexity index is 1920. The molecule has 3 atom stereocenters. The van der Waals surface area contributed by atoms with Gasteiger partial charge in [0.25, 0.3) is 0 Å². The number of carboxylic acids is 1. The molecule has 2 saturated heterocycles.